The predicted octanol–water partition coefficient (Wildman–Crippen LogP) is 4.09. The fourth-order valence-corrected chi connectivity index (χ4v) is 6.35. The summed E-state index contributed by atoms with van der Waals surface area (Å²) in [5.41, 5.74) is 3.02. The van der Waals surface area contributed by atoms with E-state index in [0.29, 0.717) is 35.5 Å². The first-order valence-corrected chi connectivity index (χ1v) is 10.7. The van der Waals surface area contributed by atoms with Gasteiger partial charge in [-0.15, -0.1) is 0 Å². The summed E-state index contributed by atoms with van der Waals surface area (Å²) < 4.78 is 5.61. The molecule has 4 heteroatoms. The highest BCUT2D eigenvalue weighted by Gasteiger charge is 2.57. The van der Waals surface area contributed by atoms with E-state index < -0.39 is 12.2 Å². The van der Waals surface area contributed by atoms with E-state index in [0.717, 1.165) is 25.7 Å². The van der Waals surface area contributed by atoms with Crippen molar-refractivity contribution >= 4 is 5.97 Å². The molecule has 2 fully saturated rings. The van der Waals surface area contributed by atoms with E-state index in [-0.39, 0.29) is 11.4 Å². The highest BCUT2D eigenvalue weighted by atomic mass is 16.5. The molecule has 29 heavy (non-hydrogen) atoms. The number of ether oxygens (including phenoxy) is 1. The molecular weight excluding hydrogens is 364 g/mol. The first-order valence-electron chi connectivity index (χ1n) is 10.7. The van der Waals surface area contributed by atoms with Crippen LogP contribution in [0.5, 0.6) is 5.75 Å². The lowest BCUT2D eigenvalue weighted by Crippen LogP contribution is -2.44. The molecule has 0 bridgehead atoms. The third-order valence-electron chi connectivity index (χ3n) is 7.89. The van der Waals surface area contributed by atoms with Crippen molar-refractivity contribution in [3.05, 3.63) is 65.2 Å². The maximum Gasteiger partial charge on any atom is 0.343 e. The minimum atomic E-state index is -0.602. The van der Waals surface area contributed by atoms with E-state index in [2.05, 4.69) is 13.0 Å². The number of carbonyl (C=O) groups excluding carboxylic acids is 1. The standard InChI is InChI=1S/C25H28O4/c1-25-12-11-19-18-10-8-17(29-24(28)15-5-3-2-4-6-15)13-16(18)7-9-20(19)21(25)14-22(26)23(25)27/h2-6,8,10,13,19-23,26-27H,7,9,11-12,14H2,1H3/t19-,20-,21+,22-,23+,25+/m1/s1. The molecule has 6 atom stereocenters. The molecule has 0 saturated heterocycles. The summed E-state index contributed by atoms with van der Waals surface area (Å²) in [5.74, 6) is 1.61. The molecule has 3 aliphatic rings. The maximum atomic E-state index is 12.4. The van der Waals surface area contributed by atoms with Crippen LogP contribution in [0.2, 0.25) is 0 Å². The number of fused-ring (bicyclic) bond motifs is 5. The number of esters is 1. The monoisotopic (exact) mass is 392 g/mol. The Labute approximate surface area is 171 Å². The van der Waals surface area contributed by atoms with Crippen LogP contribution in [0.3, 0.4) is 0 Å². The zero-order valence-electron chi connectivity index (χ0n) is 16.8. The van der Waals surface area contributed by atoms with Gasteiger partial charge < -0.3 is 14.9 Å². The van der Waals surface area contributed by atoms with Crippen LogP contribution in [0, 0.1) is 17.3 Å². The Hall–Kier alpha value is -2.17. The number of aliphatic hydroxyl groups excluding tert-OH is 2. The SMILES string of the molecule is C[C@]12CC[C@@H]3c4ccc(OC(=O)c5ccccc5)cc4CC[C@H]3[C@@H]1C[C@@H](O)[C@@H]2O. The van der Waals surface area contributed by atoms with Gasteiger partial charge >= 0.3 is 5.97 Å². The molecule has 0 radical (unpaired) electrons. The van der Waals surface area contributed by atoms with Gasteiger partial charge in [0.25, 0.3) is 0 Å². The van der Waals surface area contributed by atoms with E-state index >= 15 is 0 Å². The number of carbonyl (C=O) groups is 1. The van der Waals surface area contributed by atoms with Gasteiger partial charge in [0.05, 0.1) is 17.8 Å². The van der Waals surface area contributed by atoms with Gasteiger partial charge in [-0.05, 0) is 90.7 Å². The minimum Gasteiger partial charge on any atom is -0.423 e. The summed E-state index contributed by atoms with van der Waals surface area (Å²) in [4.78, 5) is 12.4. The van der Waals surface area contributed by atoms with Crippen molar-refractivity contribution in [1.82, 2.24) is 0 Å². The van der Waals surface area contributed by atoms with Crippen molar-refractivity contribution in [3.63, 3.8) is 0 Å². The largest absolute Gasteiger partial charge is 0.423 e. The lowest BCUT2D eigenvalue weighted by molar-refractivity contribution is -0.0505. The second kappa shape index (κ2) is 6.96. The van der Waals surface area contributed by atoms with E-state index in [4.69, 9.17) is 4.74 Å². The average Bonchev–Trinajstić information content (AvgIpc) is 2.98. The molecule has 2 saturated carbocycles. The molecule has 0 aliphatic heterocycles. The summed E-state index contributed by atoms with van der Waals surface area (Å²) in [6.45, 7) is 2.16. The van der Waals surface area contributed by atoms with Gasteiger partial charge in [-0.25, -0.2) is 4.79 Å². The summed E-state index contributed by atoms with van der Waals surface area (Å²) in [5, 5.41) is 20.8. The average molecular weight is 392 g/mol. The normalized spacial score (nSPS) is 35.3. The molecule has 0 unspecified atom stereocenters. The van der Waals surface area contributed by atoms with Gasteiger partial charge in [0.2, 0.25) is 0 Å². The predicted molar refractivity (Wildman–Crippen MR) is 110 cm³/mol. The van der Waals surface area contributed by atoms with E-state index in [1.54, 1.807) is 12.1 Å². The van der Waals surface area contributed by atoms with Gasteiger partial charge in [-0.2, -0.15) is 0 Å². The van der Waals surface area contributed by atoms with Crippen LogP contribution in [0.1, 0.15) is 60.0 Å². The molecule has 0 heterocycles. The van der Waals surface area contributed by atoms with E-state index in [1.807, 2.05) is 30.3 Å². The van der Waals surface area contributed by atoms with Crippen LogP contribution >= 0.6 is 0 Å². The van der Waals surface area contributed by atoms with Gasteiger partial charge in [0.1, 0.15) is 5.75 Å². The molecular formula is C25H28O4. The Morgan fingerprint density at radius 1 is 1.10 bits per heavy atom. The van der Waals surface area contributed by atoms with Crippen molar-refractivity contribution in [1.29, 1.82) is 0 Å². The van der Waals surface area contributed by atoms with Crippen LogP contribution < -0.4 is 4.74 Å². The number of benzene rings is 2. The molecule has 2 aromatic rings. The molecule has 4 nitrogen and oxygen atoms in total. The van der Waals surface area contributed by atoms with Crippen molar-refractivity contribution in [2.45, 2.75) is 57.2 Å². The van der Waals surface area contributed by atoms with E-state index in [1.165, 1.54) is 11.1 Å². The first-order chi connectivity index (χ1) is 14.0. The highest BCUT2D eigenvalue weighted by Crippen LogP contribution is 2.60. The fourth-order valence-electron chi connectivity index (χ4n) is 6.35. The van der Waals surface area contributed by atoms with Gasteiger partial charge in [0, 0.05) is 0 Å². The minimum absolute atomic E-state index is 0.163. The Morgan fingerprint density at radius 2 is 1.90 bits per heavy atom. The maximum absolute atomic E-state index is 12.4. The van der Waals surface area contributed by atoms with Crippen LogP contribution in [0.4, 0.5) is 0 Å². The second-order valence-corrected chi connectivity index (χ2v) is 9.32. The van der Waals surface area contributed by atoms with Crippen molar-refractivity contribution in [3.8, 4) is 5.75 Å². The number of hydrogen-bond acceptors (Lipinski definition) is 4. The Kier molecular flexibility index (Phi) is 4.52. The Morgan fingerprint density at radius 3 is 2.69 bits per heavy atom. The fraction of sp³-hybridized carbons (Fsp3) is 0.480. The summed E-state index contributed by atoms with van der Waals surface area (Å²) >= 11 is 0. The summed E-state index contributed by atoms with van der Waals surface area (Å²) in [6.07, 6.45) is 3.51. The summed E-state index contributed by atoms with van der Waals surface area (Å²) in [7, 11) is 0. The number of hydrogen-bond donors (Lipinski definition) is 2. The Bertz CT molecular complexity index is 924. The number of aliphatic hydroxyl groups is 2. The molecule has 2 N–H and O–H groups in total. The molecule has 0 aromatic heterocycles. The van der Waals surface area contributed by atoms with Gasteiger partial charge in [-0.3, -0.25) is 0 Å². The van der Waals surface area contributed by atoms with Crippen molar-refractivity contribution < 1.29 is 19.7 Å². The second-order valence-electron chi connectivity index (χ2n) is 9.32. The van der Waals surface area contributed by atoms with Gasteiger partial charge in [0.15, 0.2) is 0 Å². The smallest absolute Gasteiger partial charge is 0.343 e. The molecule has 2 aromatic carbocycles. The first kappa shape index (κ1) is 18.8. The highest BCUT2D eigenvalue weighted by molar-refractivity contribution is 5.91. The molecule has 0 spiro atoms. The van der Waals surface area contributed by atoms with Crippen LogP contribution in [0.15, 0.2) is 48.5 Å². The summed E-state index contributed by atoms with van der Waals surface area (Å²) in [6, 6.07) is 15.1. The molecule has 5 rings (SSSR count). The lowest BCUT2D eigenvalue weighted by Gasteiger charge is -2.49. The quantitative estimate of drug-likeness (QED) is 0.597. The topological polar surface area (TPSA) is 66.8 Å². The van der Waals surface area contributed by atoms with E-state index in [9.17, 15) is 15.0 Å². The van der Waals surface area contributed by atoms with Crippen LogP contribution in [0.25, 0.3) is 0 Å². The van der Waals surface area contributed by atoms with Crippen molar-refractivity contribution in [2.75, 3.05) is 0 Å². The zero-order chi connectivity index (χ0) is 20.2. The third kappa shape index (κ3) is 3.01. The van der Waals surface area contributed by atoms with Gasteiger partial charge in [-0.1, -0.05) is 31.2 Å². The third-order valence-corrected chi connectivity index (χ3v) is 7.89. The van der Waals surface area contributed by atoms with Crippen LogP contribution in [-0.2, 0) is 6.42 Å². The molecule has 0 amide bonds. The number of aryl methyl sites for hydroxylation is 1. The van der Waals surface area contributed by atoms with Crippen molar-refractivity contribution in [2.24, 2.45) is 17.3 Å². The Balaban J connectivity index is 1.37. The lowest BCUT2D eigenvalue weighted by atomic mass is 9.55. The number of rotatable bonds is 2. The molecule has 152 valence electrons. The zero-order valence-corrected chi connectivity index (χ0v) is 16.8. The molecule has 3 aliphatic carbocycles. The van der Waals surface area contributed by atoms with Crippen LogP contribution in [-0.4, -0.2) is 28.4 Å².